The Hall–Kier alpha value is -0.430. The molecule has 0 saturated carbocycles. The quantitative estimate of drug-likeness (QED) is 0.634. The molecule has 4 nitrogen and oxygen atoms in total. The number of nitrogens with two attached hydrogens (primary N) is 1. The third-order valence-electron chi connectivity index (χ3n) is 1.86. The summed E-state index contributed by atoms with van der Waals surface area (Å²) in [4.78, 5) is 0.0288. The normalized spacial score (nSPS) is 11.6. The molecule has 3 N–H and O–H groups in total. The Labute approximate surface area is 105 Å². The Balaban J connectivity index is 2.93. The minimum Gasteiger partial charge on any atom is -0.398 e. The fourth-order valence-corrected chi connectivity index (χ4v) is 2.96. The molecule has 0 unspecified atom stereocenters. The zero-order chi connectivity index (χ0) is 12.2. The molecule has 1 aromatic carbocycles. The molecule has 0 spiro atoms. The first-order valence-electron chi connectivity index (χ1n) is 4.51. The molecule has 1 rings (SSSR count). The Kier molecular flexibility index (Phi) is 4.91. The number of hydrogen-bond donors (Lipinski definition) is 2. The first kappa shape index (κ1) is 13.6. The molecule has 0 atom stereocenters. The molecule has 0 aromatic heterocycles. The predicted molar refractivity (Wildman–Crippen MR) is 69.4 cm³/mol. The van der Waals surface area contributed by atoms with Crippen LogP contribution in [0.2, 0.25) is 5.02 Å². The van der Waals surface area contributed by atoms with E-state index in [1.807, 2.05) is 6.26 Å². The van der Waals surface area contributed by atoms with Gasteiger partial charge in [0, 0.05) is 17.3 Å². The molecule has 7 heteroatoms. The first-order chi connectivity index (χ1) is 7.47. The molecule has 0 bridgehead atoms. The van der Waals surface area contributed by atoms with E-state index in [0.717, 1.165) is 0 Å². The van der Waals surface area contributed by atoms with E-state index in [2.05, 4.69) is 4.72 Å². The van der Waals surface area contributed by atoms with Gasteiger partial charge in [0.05, 0.1) is 5.69 Å². The SMILES string of the molecule is CSCCNS(=O)(=O)c1cc(Cl)ccc1N. The van der Waals surface area contributed by atoms with E-state index in [0.29, 0.717) is 17.3 Å². The molecule has 0 fully saturated rings. The van der Waals surface area contributed by atoms with Gasteiger partial charge < -0.3 is 5.73 Å². The van der Waals surface area contributed by atoms with Gasteiger partial charge in [-0.2, -0.15) is 11.8 Å². The highest BCUT2D eigenvalue weighted by molar-refractivity contribution is 7.98. The molecule has 16 heavy (non-hydrogen) atoms. The maximum atomic E-state index is 11.8. The van der Waals surface area contributed by atoms with Crippen molar-refractivity contribution >= 4 is 39.1 Å². The topological polar surface area (TPSA) is 72.2 Å². The Morgan fingerprint density at radius 3 is 2.81 bits per heavy atom. The monoisotopic (exact) mass is 280 g/mol. The van der Waals surface area contributed by atoms with Crippen LogP contribution < -0.4 is 10.5 Å². The minimum absolute atomic E-state index is 0.0288. The number of sulfonamides is 1. The van der Waals surface area contributed by atoms with E-state index in [9.17, 15) is 8.42 Å². The second-order valence-corrected chi connectivity index (χ2v) is 6.23. The highest BCUT2D eigenvalue weighted by Crippen LogP contribution is 2.22. The Bertz CT molecular complexity index is 463. The van der Waals surface area contributed by atoms with E-state index < -0.39 is 10.0 Å². The summed E-state index contributed by atoms with van der Waals surface area (Å²) in [6, 6.07) is 4.38. The van der Waals surface area contributed by atoms with Crippen LogP contribution in [0, 0.1) is 0 Å². The third-order valence-corrected chi connectivity index (χ3v) is 4.23. The minimum atomic E-state index is -3.56. The van der Waals surface area contributed by atoms with Gasteiger partial charge in [0.15, 0.2) is 0 Å². The van der Waals surface area contributed by atoms with Gasteiger partial charge in [-0.3, -0.25) is 0 Å². The highest BCUT2D eigenvalue weighted by Gasteiger charge is 2.16. The van der Waals surface area contributed by atoms with E-state index in [1.54, 1.807) is 17.8 Å². The standard InChI is InChI=1S/C9H13ClN2O2S2/c1-15-5-4-12-16(13,14)9-6-7(10)2-3-8(9)11/h2-3,6,12H,4-5,11H2,1H3. The summed E-state index contributed by atoms with van der Waals surface area (Å²) < 4.78 is 26.1. The molecule has 1 aromatic rings. The second kappa shape index (κ2) is 5.77. The third kappa shape index (κ3) is 3.55. The first-order valence-corrected chi connectivity index (χ1v) is 7.76. The van der Waals surface area contributed by atoms with Gasteiger partial charge >= 0.3 is 0 Å². The van der Waals surface area contributed by atoms with Crippen molar-refractivity contribution < 1.29 is 8.42 Å². The van der Waals surface area contributed by atoms with Gasteiger partial charge in [-0.25, -0.2) is 13.1 Å². The average Bonchev–Trinajstić information content (AvgIpc) is 2.22. The highest BCUT2D eigenvalue weighted by atomic mass is 35.5. The smallest absolute Gasteiger partial charge is 0.242 e. The molecule has 0 aliphatic rings. The average molecular weight is 281 g/mol. The number of anilines is 1. The maximum Gasteiger partial charge on any atom is 0.242 e. The molecule has 0 aliphatic carbocycles. The number of thioether (sulfide) groups is 1. The number of benzene rings is 1. The van der Waals surface area contributed by atoms with E-state index in [-0.39, 0.29) is 10.6 Å². The second-order valence-electron chi connectivity index (χ2n) is 3.07. The summed E-state index contributed by atoms with van der Waals surface area (Å²) in [5.74, 6) is 0.708. The summed E-state index contributed by atoms with van der Waals surface area (Å²) in [6.45, 7) is 0.370. The van der Waals surface area contributed by atoms with Crippen LogP contribution in [0.1, 0.15) is 0 Å². The molecule has 0 saturated heterocycles. The molecular weight excluding hydrogens is 268 g/mol. The summed E-state index contributed by atoms with van der Waals surface area (Å²) in [6.07, 6.45) is 1.90. The van der Waals surface area contributed by atoms with Crippen molar-refractivity contribution in [3.05, 3.63) is 23.2 Å². The maximum absolute atomic E-state index is 11.8. The lowest BCUT2D eigenvalue weighted by molar-refractivity contribution is 0.584. The van der Waals surface area contributed by atoms with Gasteiger partial charge in [-0.05, 0) is 24.5 Å². The molecule has 0 heterocycles. The van der Waals surface area contributed by atoms with Gasteiger partial charge in [-0.15, -0.1) is 0 Å². The van der Waals surface area contributed by atoms with Crippen LogP contribution in [0.4, 0.5) is 5.69 Å². The van der Waals surface area contributed by atoms with Gasteiger partial charge in [-0.1, -0.05) is 11.6 Å². The molecule has 90 valence electrons. The van der Waals surface area contributed by atoms with Gasteiger partial charge in [0.2, 0.25) is 10.0 Å². The summed E-state index contributed by atoms with van der Waals surface area (Å²) in [7, 11) is -3.56. The van der Waals surface area contributed by atoms with Crippen LogP contribution in [0.3, 0.4) is 0 Å². The van der Waals surface area contributed by atoms with Crippen LogP contribution in [-0.2, 0) is 10.0 Å². The molecule has 0 amide bonds. The summed E-state index contributed by atoms with van der Waals surface area (Å²) in [5.41, 5.74) is 5.79. The summed E-state index contributed by atoms with van der Waals surface area (Å²) in [5, 5.41) is 0.347. The van der Waals surface area contributed by atoms with Gasteiger partial charge in [0.1, 0.15) is 4.90 Å². The lowest BCUT2D eigenvalue weighted by Gasteiger charge is -2.08. The fourth-order valence-electron chi connectivity index (χ4n) is 1.10. The molecule has 0 aliphatic heterocycles. The summed E-state index contributed by atoms with van der Waals surface area (Å²) >= 11 is 7.29. The van der Waals surface area contributed by atoms with Crippen molar-refractivity contribution in [2.24, 2.45) is 0 Å². The van der Waals surface area contributed by atoms with Crippen molar-refractivity contribution in [2.45, 2.75) is 4.90 Å². The van der Waals surface area contributed by atoms with Gasteiger partial charge in [0.25, 0.3) is 0 Å². The van der Waals surface area contributed by atoms with Crippen LogP contribution in [0.5, 0.6) is 0 Å². The van der Waals surface area contributed by atoms with Crippen molar-refractivity contribution in [1.82, 2.24) is 4.72 Å². The van der Waals surface area contributed by atoms with E-state index >= 15 is 0 Å². The lowest BCUT2D eigenvalue weighted by atomic mass is 10.3. The van der Waals surface area contributed by atoms with Crippen LogP contribution in [0.15, 0.2) is 23.1 Å². The van der Waals surface area contributed by atoms with E-state index in [4.69, 9.17) is 17.3 Å². The number of nitrogens with one attached hydrogen (secondary N) is 1. The van der Waals surface area contributed by atoms with Crippen LogP contribution in [0.25, 0.3) is 0 Å². The van der Waals surface area contributed by atoms with Crippen LogP contribution >= 0.6 is 23.4 Å². The Morgan fingerprint density at radius 1 is 1.50 bits per heavy atom. The fraction of sp³-hybridized carbons (Fsp3) is 0.333. The molecular formula is C9H13ClN2O2S2. The largest absolute Gasteiger partial charge is 0.398 e. The van der Waals surface area contributed by atoms with Crippen molar-refractivity contribution in [1.29, 1.82) is 0 Å². The number of nitrogen functional groups attached to an aromatic ring is 1. The zero-order valence-corrected chi connectivity index (χ0v) is 11.1. The predicted octanol–water partition coefficient (Wildman–Crippen LogP) is 1.56. The number of halogens is 1. The zero-order valence-electron chi connectivity index (χ0n) is 8.73. The number of hydrogen-bond acceptors (Lipinski definition) is 4. The molecule has 0 radical (unpaired) electrons. The van der Waals surface area contributed by atoms with Crippen molar-refractivity contribution in [3.63, 3.8) is 0 Å². The van der Waals surface area contributed by atoms with Crippen molar-refractivity contribution in [3.8, 4) is 0 Å². The lowest BCUT2D eigenvalue weighted by Crippen LogP contribution is -2.26. The van der Waals surface area contributed by atoms with Crippen molar-refractivity contribution in [2.75, 3.05) is 24.3 Å². The Morgan fingerprint density at radius 2 is 2.19 bits per heavy atom. The van der Waals surface area contributed by atoms with E-state index in [1.165, 1.54) is 12.1 Å². The van der Waals surface area contributed by atoms with Crippen LogP contribution in [-0.4, -0.2) is 27.0 Å². The number of rotatable bonds is 5.